The molecule has 2 aromatic rings. The fourth-order valence-corrected chi connectivity index (χ4v) is 2.88. The van der Waals surface area contributed by atoms with Crippen LogP contribution in [0.2, 0.25) is 5.02 Å². The zero-order valence-corrected chi connectivity index (χ0v) is 23.6. The van der Waals surface area contributed by atoms with Gasteiger partial charge in [-0.3, -0.25) is 14.2 Å². The molecule has 1 amide bonds. The molecule has 1 aliphatic heterocycles. The van der Waals surface area contributed by atoms with Crippen molar-refractivity contribution in [2.24, 2.45) is 0 Å². The molecule has 1 N–H and O–H groups in total. The van der Waals surface area contributed by atoms with Crippen molar-refractivity contribution in [3.63, 3.8) is 0 Å². The number of hydrogen-bond acceptors (Lipinski definition) is 5. The number of ether oxygens (including phenoxy) is 2. The van der Waals surface area contributed by atoms with Gasteiger partial charge in [0.2, 0.25) is 5.88 Å². The number of nitrogens with one attached hydrogen (secondary N) is 1. The predicted molar refractivity (Wildman–Crippen MR) is 149 cm³/mol. The summed E-state index contributed by atoms with van der Waals surface area (Å²) in [6, 6.07) is 3.05. The van der Waals surface area contributed by atoms with Crippen LogP contribution >= 0.6 is 11.6 Å². The van der Waals surface area contributed by atoms with Gasteiger partial charge in [0.1, 0.15) is 24.6 Å². The first kappa shape index (κ1) is 34.7. The van der Waals surface area contributed by atoms with Crippen molar-refractivity contribution in [2.45, 2.75) is 54.1 Å². The first-order chi connectivity index (χ1) is 18.4. The molecule has 1 fully saturated rings. The van der Waals surface area contributed by atoms with Crippen LogP contribution in [0.25, 0.3) is 6.20 Å². The van der Waals surface area contributed by atoms with Gasteiger partial charge in [0.05, 0.1) is 0 Å². The van der Waals surface area contributed by atoms with E-state index in [0.717, 1.165) is 29.9 Å². The van der Waals surface area contributed by atoms with E-state index in [4.69, 9.17) is 21.1 Å². The number of carbonyl (C=O) groups is 1. The highest BCUT2D eigenvalue weighted by Gasteiger charge is 2.12. The number of rotatable bonds is 7. The Morgan fingerprint density at radius 2 is 1.84 bits per heavy atom. The van der Waals surface area contributed by atoms with Gasteiger partial charge in [-0.15, -0.1) is 0 Å². The molecule has 1 aromatic heterocycles. The minimum absolute atomic E-state index is 0.0920. The normalized spacial score (nSPS) is 12.6. The highest BCUT2D eigenvalue weighted by atomic mass is 35.5. The summed E-state index contributed by atoms with van der Waals surface area (Å²) < 4.78 is 37.9. The van der Waals surface area contributed by atoms with Gasteiger partial charge in [-0.25, -0.2) is 13.8 Å². The van der Waals surface area contributed by atoms with Gasteiger partial charge in [0.25, 0.3) is 11.5 Å². The molecule has 0 aliphatic carbocycles. The molecule has 2 heterocycles. The third-order valence-corrected chi connectivity index (χ3v) is 4.87. The van der Waals surface area contributed by atoms with Crippen molar-refractivity contribution in [1.82, 2.24) is 14.9 Å². The van der Waals surface area contributed by atoms with Gasteiger partial charge in [-0.2, -0.15) is 0 Å². The Balaban J connectivity index is 0.00000131. The summed E-state index contributed by atoms with van der Waals surface area (Å²) in [4.78, 5) is 27.8. The first-order valence-corrected chi connectivity index (χ1v) is 12.9. The third-order valence-electron chi connectivity index (χ3n) is 4.55. The van der Waals surface area contributed by atoms with Crippen LogP contribution in [0.3, 0.4) is 0 Å². The molecule has 0 bridgehead atoms. The zero-order chi connectivity index (χ0) is 28.9. The molecule has 1 aliphatic rings. The van der Waals surface area contributed by atoms with Gasteiger partial charge in [-0.05, 0) is 44.1 Å². The number of halogens is 3. The van der Waals surface area contributed by atoms with E-state index in [2.05, 4.69) is 10.3 Å². The van der Waals surface area contributed by atoms with Crippen molar-refractivity contribution in [2.75, 3.05) is 20.3 Å². The van der Waals surface area contributed by atoms with Crippen LogP contribution in [0, 0.1) is 11.6 Å². The lowest BCUT2D eigenvalue weighted by molar-refractivity contribution is -0.116. The van der Waals surface area contributed by atoms with E-state index in [1.807, 2.05) is 27.7 Å². The fourth-order valence-electron chi connectivity index (χ4n) is 2.68. The number of benzene rings is 1. The lowest BCUT2D eigenvalue weighted by Crippen LogP contribution is -2.18. The molecule has 1 aromatic carbocycles. The van der Waals surface area contributed by atoms with E-state index >= 15 is 0 Å². The van der Waals surface area contributed by atoms with Crippen molar-refractivity contribution in [1.29, 1.82) is 0 Å². The minimum atomic E-state index is -0.776. The highest BCUT2D eigenvalue weighted by Crippen LogP contribution is 2.19. The maximum Gasteiger partial charge on any atom is 0.280 e. The maximum atomic E-state index is 13.6. The second-order valence-corrected chi connectivity index (χ2v) is 7.32. The number of nitrogens with zero attached hydrogens (tertiary/aromatic N) is 2. The van der Waals surface area contributed by atoms with Gasteiger partial charge < -0.3 is 14.8 Å². The van der Waals surface area contributed by atoms with Crippen molar-refractivity contribution >= 4 is 23.7 Å². The largest absolute Gasteiger partial charge is 0.471 e. The van der Waals surface area contributed by atoms with Crippen LogP contribution in [0.5, 0.6) is 5.88 Å². The van der Waals surface area contributed by atoms with Gasteiger partial charge in [-0.1, -0.05) is 51.4 Å². The van der Waals surface area contributed by atoms with Crippen LogP contribution in [0.1, 0.15) is 53.0 Å². The molecule has 0 spiro atoms. The van der Waals surface area contributed by atoms with Gasteiger partial charge in [0.15, 0.2) is 5.02 Å². The summed E-state index contributed by atoms with van der Waals surface area (Å²) in [5.41, 5.74) is -0.0507. The molecular formula is C28H38ClF2N3O4. The average Bonchev–Trinajstić information content (AvgIpc) is 3.54. The van der Waals surface area contributed by atoms with Crippen LogP contribution in [0.4, 0.5) is 8.78 Å². The molecule has 7 nitrogen and oxygen atoms in total. The molecule has 10 heteroatoms. The number of carbonyl (C=O) groups excluding carboxylic acids is 1. The molecule has 1 saturated heterocycles. The Bertz CT molecular complexity index is 1120. The number of allylic oxidation sites excluding steroid dienone is 3. The summed E-state index contributed by atoms with van der Waals surface area (Å²) >= 11 is 5.99. The molecule has 3 rings (SSSR count). The van der Waals surface area contributed by atoms with Crippen molar-refractivity contribution in [3.05, 3.63) is 87.0 Å². The predicted octanol–water partition coefficient (Wildman–Crippen LogP) is 6.32. The Labute approximate surface area is 228 Å². The number of hydrogen-bond donors (Lipinski definition) is 1. The van der Waals surface area contributed by atoms with E-state index in [0.29, 0.717) is 5.57 Å². The molecule has 0 unspecified atom stereocenters. The second-order valence-electron chi connectivity index (χ2n) is 6.94. The minimum Gasteiger partial charge on any atom is -0.471 e. The van der Waals surface area contributed by atoms with Crippen LogP contribution in [0.15, 0.2) is 59.2 Å². The first-order valence-electron chi connectivity index (χ1n) is 12.5. The smallest absolute Gasteiger partial charge is 0.280 e. The van der Waals surface area contributed by atoms with E-state index in [1.165, 1.54) is 44.6 Å². The molecule has 210 valence electrons. The number of likely N-dealkylation sites (N-methyl/N-ethyl adjacent to an activating group) is 1. The standard InChI is InChI=1S/C20H18ClF2N3O3.C4H8O.2C2H6/c1-3-13(18(27)24-2)6-4-5-9-26-12-25-19(17(21)20(26)28)29-11-14-7-8-15(22)10-16(14)23;1-2-4-5-3-1;2*1-2/h3-10,12H,11H2,1-2H3,(H,24,27);1-4H2;2*1-2H3/b6-4-,9-5+,13-3+;;;. The highest BCUT2D eigenvalue weighted by molar-refractivity contribution is 6.31. The molecular weight excluding hydrogens is 516 g/mol. The van der Waals surface area contributed by atoms with E-state index in [9.17, 15) is 18.4 Å². The maximum absolute atomic E-state index is 13.6. The third kappa shape index (κ3) is 12.3. The average molecular weight is 554 g/mol. The summed E-state index contributed by atoms with van der Waals surface area (Å²) in [6.45, 7) is 11.5. The molecule has 0 atom stereocenters. The lowest BCUT2D eigenvalue weighted by Gasteiger charge is -2.08. The second kappa shape index (κ2) is 20.7. The zero-order valence-electron chi connectivity index (χ0n) is 22.9. The van der Waals surface area contributed by atoms with Crippen molar-refractivity contribution in [3.8, 4) is 5.88 Å². The molecule has 0 saturated carbocycles. The Kier molecular flexibility index (Phi) is 18.9. The SMILES string of the molecule is C1CCOC1.CC.CC.C\C=C(/C=C\C=C\n1cnc(OCc2ccc(F)cc2F)c(Cl)c1=O)C(=O)NC. The van der Waals surface area contributed by atoms with Crippen LogP contribution in [-0.2, 0) is 16.1 Å². The summed E-state index contributed by atoms with van der Waals surface area (Å²) in [5, 5.41) is 2.22. The van der Waals surface area contributed by atoms with Gasteiger partial charge in [0, 0.05) is 43.7 Å². The molecule has 0 radical (unpaired) electrons. The summed E-state index contributed by atoms with van der Waals surface area (Å²) in [6.07, 6.45) is 11.5. The van der Waals surface area contributed by atoms with Crippen molar-refractivity contribution < 1.29 is 23.0 Å². The number of amides is 1. The molecule has 38 heavy (non-hydrogen) atoms. The Morgan fingerprint density at radius 3 is 2.37 bits per heavy atom. The van der Waals surface area contributed by atoms with Crippen LogP contribution < -0.4 is 15.6 Å². The summed E-state index contributed by atoms with van der Waals surface area (Å²) in [7, 11) is 1.52. The summed E-state index contributed by atoms with van der Waals surface area (Å²) in [5.74, 6) is -1.89. The fraction of sp³-hybridized carbons (Fsp3) is 0.393. The quantitative estimate of drug-likeness (QED) is 0.320. The topological polar surface area (TPSA) is 82.5 Å². The Morgan fingerprint density at radius 1 is 1.18 bits per heavy atom. The number of aromatic nitrogens is 2. The van der Waals surface area contributed by atoms with Crippen LogP contribution in [-0.4, -0.2) is 35.7 Å². The van der Waals surface area contributed by atoms with E-state index < -0.39 is 17.2 Å². The lowest BCUT2D eigenvalue weighted by atomic mass is 10.2. The van der Waals surface area contributed by atoms with E-state index in [1.54, 1.807) is 25.2 Å². The van der Waals surface area contributed by atoms with Gasteiger partial charge >= 0.3 is 0 Å². The monoisotopic (exact) mass is 553 g/mol. The Hall–Kier alpha value is -3.30. The van der Waals surface area contributed by atoms with E-state index in [-0.39, 0.29) is 29.0 Å².